The molecule has 0 bridgehead atoms. The van der Waals surface area contributed by atoms with E-state index in [1.165, 1.54) is 4.90 Å². The molecule has 0 spiro atoms. The highest BCUT2D eigenvalue weighted by Gasteiger charge is 2.39. The first kappa shape index (κ1) is 29.9. The lowest BCUT2D eigenvalue weighted by atomic mass is 9.84. The maximum absolute atomic E-state index is 13.3. The van der Waals surface area contributed by atoms with E-state index in [2.05, 4.69) is 38.2 Å². The van der Waals surface area contributed by atoms with Gasteiger partial charge in [-0.05, 0) is 81.5 Å². The van der Waals surface area contributed by atoms with Crippen LogP contribution < -0.4 is 4.90 Å². The van der Waals surface area contributed by atoms with Gasteiger partial charge in [-0.15, -0.1) is 0 Å². The number of carbonyl (C=O) groups is 4. The minimum Gasteiger partial charge on any atom is -0.303 e. The van der Waals surface area contributed by atoms with Gasteiger partial charge in [-0.3, -0.25) is 19.3 Å². The topological polar surface area (TPSA) is 71.5 Å². The zero-order valence-corrected chi connectivity index (χ0v) is 23.3. The van der Waals surface area contributed by atoms with Gasteiger partial charge >= 0.3 is 0 Å². The summed E-state index contributed by atoms with van der Waals surface area (Å²) >= 11 is 0. The van der Waals surface area contributed by atoms with E-state index in [4.69, 9.17) is 0 Å². The Hall–Kier alpha value is -3.60. The zero-order chi connectivity index (χ0) is 28.0. The molecule has 3 atom stereocenters. The number of aldehydes is 1. The SMILES string of the molecule is CC/C=C\CC(CCC1CC(=O)N(c2ccc(C(=O)c3ccccc3)cc2)C1=O)CC(C=O)CC/C=C/CC. The molecule has 5 heteroatoms. The van der Waals surface area contributed by atoms with Crippen LogP contribution in [0.2, 0.25) is 0 Å². The van der Waals surface area contributed by atoms with E-state index in [0.29, 0.717) is 29.2 Å². The molecule has 1 fully saturated rings. The third-order valence-electron chi connectivity index (χ3n) is 7.39. The summed E-state index contributed by atoms with van der Waals surface area (Å²) in [6.45, 7) is 4.20. The Kier molecular flexibility index (Phi) is 12.1. The summed E-state index contributed by atoms with van der Waals surface area (Å²) in [7, 11) is 0. The number of imide groups is 1. The molecule has 1 aliphatic rings. The molecule has 5 nitrogen and oxygen atoms in total. The number of allylic oxidation sites excluding steroid dienone is 4. The van der Waals surface area contributed by atoms with Gasteiger partial charge < -0.3 is 4.79 Å². The molecule has 0 saturated carbocycles. The van der Waals surface area contributed by atoms with E-state index in [9.17, 15) is 19.2 Å². The van der Waals surface area contributed by atoms with Crippen molar-refractivity contribution in [2.75, 3.05) is 4.90 Å². The average molecular weight is 528 g/mol. The van der Waals surface area contributed by atoms with Crippen molar-refractivity contribution < 1.29 is 19.2 Å². The highest BCUT2D eigenvalue weighted by atomic mass is 16.2. The fraction of sp³-hybridized carbons (Fsp3) is 0.412. The van der Waals surface area contributed by atoms with E-state index < -0.39 is 0 Å². The third-order valence-corrected chi connectivity index (χ3v) is 7.39. The van der Waals surface area contributed by atoms with Crippen molar-refractivity contribution in [3.8, 4) is 0 Å². The number of anilines is 1. The Balaban J connectivity index is 1.62. The van der Waals surface area contributed by atoms with Crippen LogP contribution in [0.4, 0.5) is 5.69 Å². The smallest absolute Gasteiger partial charge is 0.237 e. The highest BCUT2D eigenvalue weighted by molar-refractivity contribution is 6.21. The molecule has 0 radical (unpaired) electrons. The lowest BCUT2D eigenvalue weighted by Gasteiger charge is -2.20. The molecule has 3 unspecified atom stereocenters. The summed E-state index contributed by atoms with van der Waals surface area (Å²) in [5, 5.41) is 0. The lowest BCUT2D eigenvalue weighted by molar-refractivity contribution is -0.122. The highest BCUT2D eigenvalue weighted by Crippen LogP contribution is 2.33. The molecule has 39 heavy (non-hydrogen) atoms. The van der Waals surface area contributed by atoms with Gasteiger partial charge in [0.2, 0.25) is 11.8 Å². The number of nitrogens with zero attached hydrogens (tertiary/aromatic N) is 1. The van der Waals surface area contributed by atoms with Crippen LogP contribution in [0.5, 0.6) is 0 Å². The molecular weight excluding hydrogens is 486 g/mol. The molecule has 0 N–H and O–H groups in total. The Morgan fingerprint density at radius 1 is 0.897 bits per heavy atom. The Morgan fingerprint density at radius 3 is 2.23 bits per heavy atom. The van der Waals surface area contributed by atoms with Gasteiger partial charge in [0.05, 0.1) is 5.69 Å². The molecule has 0 aromatic heterocycles. The number of ketones is 1. The summed E-state index contributed by atoms with van der Waals surface area (Å²) in [4.78, 5) is 51.9. The quantitative estimate of drug-likeness (QED) is 0.0980. The lowest BCUT2D eigenvalue weighted by Crippen LogP contribution is -2.30. The predicted molar refractivity (Wildman–Crippen MR) is 157 cm³/mol. The van der Waals surface area contributed by atoms with Gasteiger partial charge in [-0.2, -0.15) is 0 Å². The van der Waals surface area contributed by atoms with E-state index >= 15 is 0 Å². The number of hydrogen-bond donors (Lipinski definition) is 0. The second-order valence-electron chi connectivity index (χ2n) is 10.4. The van der Waals surface area contributed by atoms with Gasteiger partial charge in [-0.1, -0.05) is 68.5 Å². The molecule has 1 heterocycles. The van der Waals surface area contributed by atoms with Crippen molar-refractivity contribution in [3.05, 3.63) is 90.0 Å². The van der Waals surface area contributed by atoms with Gasteiger partial charge in [0.1, 0.15) is 6.29 Å². The van der Waals surface area contributed by atoms with Crippen LogP contribution in [-0.4, -0.2) is 23.9 Å². The maximum atomic E-state index is 13.3. The van der Waals surface area contributed by atoms with Crippen LogP contribution in [0.3, 0.4) is 0 Å². The van der Waals surface area contributed by atoms with E-state index in [1.807, 2.05) is 18.2 Å². The maximum Gasteiger partial charge on any atom is 0.237 e. The third kappa shape index (κ3) is 8.71. The summed E-state index contributed by atoms with van der Waals surface area (Å²) < 4.78 is 0. The number of amides is 2. The summed E-state index contributed by atoms with van der Waals surface area (Å²) in [5.74, 6) is -0.552. The largest absolute Gasteiger partial charge is 0.303 e. The van der Waals surface area contributed by atoms with Crippen LogP contribution in [0.15, 0.2) is 78.9 Å². The Morgan fingerprint density at radius 2 is 1.56 bits per heavy atom. The molecule has 1 saturated heterocycles. The molecule has 2 aromatic rings. The van der Waals surface area contributed by atoms with Crippen molar-refractivity contribution in [1.82, 2.24) is 0 Å². The van der Waals surface area contributed by atoms with Crippen LogP contribution in [-0.2, 0) is 14.4 Å². The van der Waals surface area contributed by atoms with Crippen molar-refractivity contribution in [2.45, 2.75) is 71.6 Å². The first-order valence-electron chi connectivity index (χ1n) is 14.3. The number of rotatable bonds is 16. The molecule has 1 aliphatic heterocycles. The van der Waals surface area contributed by atoms with E-state index in [-0.39, 0.29) is 35.9 Å². The molecule has 206 valence electrons. The van der Waals surface area contributed by atoms with Crippen molar-refractivity contribution >= 4 is 29.6 Å². The Labute approximate surface area is 233 Å². The molecule has 2 amide bonds. The van der Waals surface area contributed by atoms with Gasteiger partial charge in [0.15, 0.2) is 5.78 Å². The first-order valence-corrected chi connectivity index (χ1v) is 14.3. The van der Waals surface area contributed by atoms with E-state index in [1.54, 1.807) is 36.4 Å². The first-order chi connectivity index (χ1) is 19.0. The predicted octanol–water partition coefficient (Wildman–Crippen LogP) is 7.50. The molecule has 0 aliphatic carbocycles. The summed E-state index contributed by atoms with van der Waals surface area (Å²) in [5.41, 5.74) is 1.61. The normalized spacial score (nSPS) is 17.3. The van der Waals surface area contributed by atoms with Gasteiger partial charge in [0, 0.05) is 29.4 Å². The molecule has 2 aromatic carbocycles. The van der Waals surface area contributed by atoms with Gasteiger partial charge in [0.25, 0.3) is 0 Å². The van der Waals surface area contributed by atoms with Crippen molar-refractivity contribution in [2.24, 2.45) is 17.8 Å². The van der Waals surface area contributed by atoms with Crippen LogP contribution in [0.1, 0.15) is 87.6 Å². The van der Waals surface area contributed by atoms with Crippen molar-refractivity contribution in [3.63, 3.8) is 0 Å². The van der Waals surface area contributed by atoms with Crippen LogP contribution >= 0.6 is 0 Å². The fourth-order valence-electron chi connectivity index (χ4n) is 5.20. The number of carbonyl (C=O) groups excluding carboxylic acids is 4. The summed E-state index contributed by atoms with van der Waals surface area (Å²) in [6, 6.07) is 15.7. The van der Waals surface area contributed by atoms with Crippen LogP contribution in [0.25, 0.3) is 0 Å². The Bertz CT molecular complexity index is 1150. The van der Waals surface area contributed by atoms with Crippen LogP contribution in [0, 0.1) is 17.8 Å². The molecule has 3 rings (SSSR count). The zero-order valence-electron chi connectivity index (χ0n) is 23.3. The number of benzene rings is 2. The monoisotopic (exact) mass is 527 g/mol. The second-order valence-corrected chi connectivity index (χ2v) is 10.4. The van der Waals surface area contributed by atoms with Crippen molar-refractivity contribution in [1.29, 1.82) is 0 Å². The number of hydrogen-bond acceptors (Lipinski definition) is 4. The average Bonchev–Trinajstić information content (AvgIpc) is 3.25. The molecular formula is C34H41NO4. The van der Waals surface area contributed by atoms with Gasteiger partial charge in [-0.25, -0.2) is 0 Å². The van der Waals surface area contributed by atoms with E-state index in [0.717, 1.165) is 51.2 Å². The minimum atomic E-state index is -0.358. The minimum absolute atomic E-state index is 0.000976. The fourth-order valence-corrected chi connectivity index (χ4v) is 5.20. The standard InChI is InChI=1S/C34H41NO4/c1-3-5-7-10-14-27(25-36)23-26(13-9-6-4-2)17-18-30-24-32(37)35(34(30)39)31-21-19-29(20-22-31)33(38)28-15-11-8-12-16-28/h5-9,11-12,15-16,19-22,25-27,30H,3-4,10,13-14,17-18,23-24H2,1-2H3/b7-5+,9-6-. The second kappa shape index (κ2) is 15.7. The summed E-state index contributed by atoms with van der Waals surface area (Å²) in [6.07, 6.45) is 16.7.